The maximum absolute atomic E-state index is 13.0. The molecule has 4 aromatic heterocycles. The molecule has 28 heavy (non-hydrogen) atoms. The van der Waals surface area contributed by atoms with Crippen molar-refractivity contribution in [2.75, 3.05) is 5.75 Å². The minimum Gasteiger partial charge on any atom is -0.353 e. The SMILES string of the molecule is CCC(C)NC(=O)CSc1nnc2n(Cc3cccs3)c(=O)c3sccc3n12. The van der Waals surface area contributed by atoms with Gasteiger partial charge in [-0.15, -0.1) is 32.9 Å². The predicted octanol–water partition coefficient (Wildman–Crippen LogP) is 3.22. The number of rotatable bonds is 7. The number of aromatic nitrogens is 4. The zero-order valence-corrected chi connectivity index (χ0v) is 17.9. The zero-order valence-electron chi connectivity index (χ0n) is 15.4. The first kappa shape index (κ1) is 19.2. The smallest absolute Gasteiger partial charge is 0.273 e. The summed E-state index contributed by atoms with van der Waals surface area (Å²) in [5.41, 5.74) is 0.714. The van der Waals surface area contributed by atoms with E-state index in [2.05, 4.69) is 15.5 Å². The Morgan fingerprint density at radius 1 is 1.29 bits per heavy atom. The number of fused-ring (bicyclic) bond motifs is 3. The number of amides is 1. The Balaban J connectivity index is 1.72. The highest BCUT2D eigenvalue weighted by Crippen LogP contribution is 2.25. The normalized spacial score (nSPS) is 12.6. The molecule has 0 fully saturated rings. The molecule has 0 spiro atoms. The van der Waals surface area contributed by atoms with E-state index in [1.165, 1.54) is 23.1 Å². The lowest BCUT2D eigenvalue weighted by Crippen LogP contribution is -2.33. The summed E-state index contributed by atoms with van der Waals surface area (Å²) in [4.78, 5) is 26.2. The van der Waals surface area contributed by atoms with Crippen molar-refractivity contribution in [2.24, 2.45) is 0 Å². The first-order valence-corrected chi connectivity index (χ1v) is 11.6. The quantitative estimate of drug-likeness (QED) is 0.453. The summed E-state index contributed by atoms with van der Waals surface area (Å²) in [6.07, 6.45) is 0.884. The molecule has 4 aromatic rings. The van der Waals surface area contributed by atoms with Gasteiger partial charge in [0.1, 0.15) is 4.70 Å². The van der Waals surface area contributed by atoms with Crippen LogP contribution >= 0.6 is 34.4 Å². The van der Waals surface area contributed by atoms with Gasteiger partial charge in [0.25, 0.3) is 5.56 Å². The third-order valence-corrected chi connectivity index (χ3v) is 7.11. The largest absolute Gasteiger partial charge is 0.353 e. The number of hydrogen-bond acceptors (Lipinski definition) is 7. The van der Waals surface area contributed by atoms with Gasteiger partial charge < -0.3 is 5.32 Å². The lowest BCUT2D eigenvalue weighted by molar-refractivity contribution is -0.119. The van der Waals surface area contributed by atoms with Gasteiger partial charge in [-0.3, -0.25) is 18.6 Å². The van der Waals surface area contributed by atoms with Gasteiger partial charge in [-0.05, 0) is 36.2 Å². The van der Waals surface area contributed by atoms with Gasteiger partial charge in [-0.25, -0.2) is 0 Å². The van der Waals surface area contributed by atoms with Crippen LogP contribution in [0.2, 0.25) is 0 Å². The summed E-state index contributed by atoms with van der Waals surface area (Å²) in [7, 11) is 0. The molecule has 0 aromatic carbocycles. The average Bonchev–Trinajstić information content (AvgIpc) is 3.43. The summed E-state index contributed by atoms with van der Waals surface area (Å²) in [5.74, 6) is 0.708. The van der Waals surface area contributed by atoms with Crippen molar-refractivity contribution in [3.63, 3.8) is 0 Å². The number of nitrogens with zero attached hydrogens (tertiary/aromatic N) is 4. The van der Waals surface area contributed by atoms with Gasteiger partial charge in [0, 0.05) is 10.9 Å². The van der Waals surface area contributed by atoms with Crippen LogP contribution in [0.15, 0.2) is 38.9 Å². The Kier molecular flexibility index (Phi) is 5.51. The molecule has 0 bridgehead atoms. The third kappa shape index (κ3) is 3.59. The van der Waals surface area contributed by atoms with Crippen molar-refractivity contribution in [1.82, 2.24) is 24.5 Å². The molecule has 1 amide bonds. The van der Waals surface area contributed by atoms with Gasteiger partial charge in [-0.1, -0.05) is 24.8 Å². The number of thiophene rings is 2. The Labute approximate surface area is 173 Å². The molecule has 4 heterocycles. The molecule has 0 aliphatic carbocycles. The first-order chi connectivity index (χ1) is 13.6. The van der Waals surface area contributed by atoms with E-state index in [-0.39, 0.29) is 23.3 Å². The van der Waals surface area contributed by atoms with Gasteiger partial charge in [0.05, 0.1) is 17.8 Å². The molecular weight excluding hydrogens is 414 g/mol. The highest BCUT2D eigenvalue weighted by molar-refractivity contribution is 7.99. The highest BCUT2D eigenvalue weighted by atomic mass is 32.2. The molecular formula is C18H19N5O2S3. The fourth-order valence-corrected chi connectivity index (χ4v) is 5.11. The monoisotopic (exact) mass is 433 g/mol. The van der Waals surface area contributed by atoms with E-state index in [0.29, 0.717) is 22.2 Å². The maximum atomic E-state index is 13.0. The number of carbonyl (C=O) groups is 1. The molecule has 146 valence electrons. The van der Waals surface area contributed by atoms with Gasteiger partial charge in [0.2, 0.25) is 11.7 Å². The van der Waals surface area contributed by atoms with Gasteiger partial charge >= 0.3 is 0 Å². The van der Waals surface area contributed by atoms with E-state index < -0.39 is 0 Å². The summed E-state index contributed by atoms with van der Waals surface area (Å²) < 4.78 is 4.19. The molecule has 1 atom stereocenters. The van der Waals surface area contributed by atoms with Crippen molar-refractivity contribution in [3.05, 3.63) is 44.2 Å². The molecule has 7 nitrogen and oxygen atoms in total. The fourth-order valence-electron chi connectivity index (χ4n) is 2.84. The van der Waals surface area contributed by atoms with Crippen LogP contribution in [0.3, 0.4) is 0 Å². The van der Waals surface area contributed by atoms with Crippen LogP contribution in [0.1, 0.15) is 25.1 Å². The topological polar surface area (TPSA) is 81.3 Å². The molecule has 0 saturated carbocycles. The molecule has 0 aliphatic rings. The van der Waals surface area contributed by atoms with Crippen LogP contribution in [0, 0.1) is 0 Å². The lowest BCUT2D eigenvalue weighted by Gasteiger charge is -2.11. The number of nitrogens with one attached hydrogen (secondary N) is 1. The van der Waals surface area contributed by atoms with Crippen LogP contribution in [0.25, 0.3) is 16.0 Å². The van der Waals surface area contributed by atoms with E-state index in [0.717, 1.165) is 16.8 Å². The van der Waals surface area contributed by atoms with Gasteiger partial charge in [-0.2, -0.15) is 0 Å². The second-order valence-electron chi connectivity index (χ2n) is 6.39. The van der Waals surface area contributed by atoms with E-state index in [9.17, 15) is 9.59 Å². The minimum atomic E-state index is -0.0654. The molecule has 0 radical (unpaired) electrons. The van der Waals surface area contributed by atoms with Crippen molar-refractivity contribution in [2.45, 2.75) is 38.0 Å². The first-order valence-electron chi connectivity index (χ1n) is 8.88. The third-order valence-electron chi connectivity index (χ3n) is 4.43. The van der Waals surface area contributed by atoms with Crippen molar-refractivity contribution < 1.29 is 4.79 Å². The average molecular weight is 434 g/mol. The van der Waals surface area contributed by atoms with E-state index in [4.69, 9.17) is 0 Å². The van der Waals surface area contributed by atoms with Crippen LogP contribution in [0.4, 0.5) is 0 Å². The van der Waals surface area contributed by atoms with Crippen LogP contribution in [-0.4, -0.2) is 36.9 Å². The summed E-state index contributed by atoms with van der Waals surface area (Å²) >= 11 is 4.33. The van der Waals surface area contributed by atoms with Crippen molar-refractivity contribution in [3.8, 4) is 0 Å². The Hall–Kier alpha value is -2.17. The van der Waals surface area contributed by atoms with E-state index >= 15 is 0 Å². The summed E-state index contributed by atoms with van der Waals surface area (Å²) in [6.45, 7) is 4.46. The summed E-state index contributed by atoms with van der Waals surface area (Å²) in [6, 6.07) is 6.00. The van der Waals surface area contributed by atoms with Crippen LogP contribution < -0.4 is 10.9 Å². The van der Waals surface area contributed by atoms with Gasteiger partial charge in [0.15, 0.2) is 5.16 Å². The van der Waals surface area contributed by atoms with Crippen molar-refractivity contribution in [1.29, 1.82) is 0 Å². The second-order valence-corrected chi connectivity index (χ2v) is 9.28. The molecule has 10 heteroatoms. The molecule has 1 unspecified atom stereocenters. The Morgan fingerprint density at radius 3 is 2.89 bits per heavy atom. The molecule has 0 saturated heterocycles. The van der Waals surface area contributed by atoms with Crippen LogP contribution in [-0.2, 0) is 11.3 Å². The van der Waals surface area contributed by atoms with E-state index in [1.54, 1.807) is 15.9 Å². The standard InChI is InChI=1S/C18H19N5O2S3/c1-3-11(2)19-14(24)10-28-18-21-20-17-22(9-12-5-4-7-26-12)16(25)15-13(23(17)18)6-8-27-15/h4-8,11H,3,9-10H2,1-2H3,(H,19,24). The minimum absolute atomic E-state index is 0.0374. The highest BCUT2D eigenvalue weighted by Gasteiger charge is 2.19. The zero-order chi connectivity index (χ0) is 19.7. The Morgan fingerprint density at radius 2 is 2.14 bits per heavy atom. The van der Waals surface area contributed by atoms with Crippen LogP contribution in [0.5, 0.6) is 0 Å². The number of thioether (sulfide) groups is 1. The summed E-state index contributed by atoms with van der Waals surface area (Å²) in [5, 5.41) is 16.0. The fraction of sp³-hybridized carbons (Fsp3) is 0.333. The number of carbonyl (C=O) groups excluding carboxylic acids is 1. The molecule has 1 N–H and O–H groups in total. The molecule has 0 aliphatic heterocycles. The number of hydrogen-bond donors (Lipinski definition) is 1. The molecule has 4 rings (SSSR count). The lowest BCUT2D eigenvalue weighted by atomic mass is 10.3. The maximum Gasteiger partial charge on any atom is 0.273 e. The second kappa shape index (κ2) is 8.06. The Bertz CT molecular complexity index is 1180. The van der Waals surface area contributed by atoms with E-state index in [1.807, 2.05) is 47.2 Å². The predicted molar refractivity (Wildman–Crippen MR) is 115 cm³/mol. The van der Waals surface area contributed by atoms with Crippen molar-refractivity contribution >= 4 is 56.3 Å².